The molecule has 2 rings (SSSR count). The summed E-state index contributed by atoms with van der Waals surface area (Å²) in [6, 6.07) is 9.21. The number of aromatic nitrogens is 3. The summed E-state index contributed by atoms with van der Waals surface area (Å²) in [5, 5.41) is 11.8. The Kier molecular flexibility index (Phi) is 9.77. The highest BCUT2D eigenvalue weighted by atomic mass is 32.2. The number of rotatable bonds is 10. The van der Waals surface area contributed by atoms with Crippen LogP contribution < -0.4 is 5.32 Å². The molecule has 0 aliphatic carbocycles. The van der Waals surface area contributed by atoms with Crippen LogP contribution in [0.4, 0.5) is 4.79 Å². The van der Waals surface area contributed by atoms with Gasteiger partial charge in [0, 0.05) is 5.56 Å². The first-order chi connectivity index (χ1) is 16.2. The molecule has 1 aromatic heterocycles. The van der Waals surface area contributed by atoms with Crippen molar-refractivity contribution in [2.75, 3.05) is 11.5 Å². The molecule has 9 heteroatoms. The van der Waals surface area contributed by atoms with Crippen molar-refractivity contribution in [3.8, 4) is 11.3 Å². The molecule has 0 radical (unpaired) electrons. The van der Waals surface area contributed by atoms with Crippen LogP contribution in [-0.4, -0.2) is 55.8 Å². The third kappa shape index (κ3) is 10.3. The van der Waals surface area contributed by atoms with Gasteiger partial charge in [-0.2, -0.15) is 26.8 Å². The second-order valence-corrected chi connectivity index (χ2v) is 12.3. The molecule has 8 nitrogen and oxygen atoms in total. The van der Waals surface area contributed by atoms with Crippen LogP contribution in [0.2, 0.25) is 0 Å². The van der Waals surface area contributed by atoms with Gasteiger partial charge in [-0.15, -0.1) is 0 Å². The predicted octanol–water partition coefficient (Wildman–Crippen LogP) is 5.43. The monoisotopic (exact) mass is 504 g/mol. The van der Waals surface area contributed by atoms with Gasteiger partial charge in [0.25, 0.3) is 0 Å². The van der Waals surface area contributed by atoms with Crippen molar-refractivity contribution in [3.05, 3.63) is 36.5 Å². The van der Waals surface area contributed by atoms with E-state index < -0.39 is 29.3 Å². The Morgan fingerprint density at radius 3 is 2.20 bits per heavy atom. The van der Waals surface area contributed by atoms with E-state index in [0.29, 0.717) is 12.2 Å². The van der Waals surface area contributed by atoms with Crippen molar-refractivity contribution in [2.24, 2.45) is 0 Å². The Morgan fingerprint density at radius 2 is 1.60 bits per heavy atom. The number of ether oxygens (including phenoxy) is 2. The number of hydrogen-bond donors (Lipinski definition) is 1. The highest BCUT2D eigenvalue weighted by molar-refractivity contribution is 7.99. The van der Waals surface area contributed by atoms with Crippen LogP contribution >= 0.6 is 11.8 Å². The molecule has 35 heavy (non-hydrogen) atoms. The lowest BCUT2D eigenvalue weighted by Crippen LogP contribution is -2.46. The topological polar surface area (TPSA) is 95.3 Å². The maximum Gasteiger partial charge on any atom is 0.408 e. The molecule has 0 fully saturated rings. The zero-order valence-corrected chi connectivity index (χ0v) is 23.1. The fraction of sp³-hybridized carbons (Fsp3) is 0.615. The van der Waals surface area contributed by atoms with Gasteiger partial charge in [-0.3, -0.25) is 0 Å². The number of nitrogens with one attached hydrogen (secondary N) is 1. The summed E-state index contributed by atoms with van der Waals surface area (Å²) in [6.07, 6.45) is 2.45. The molecule has 0 bridgehead atoms. The quantitative estimate of drug-likeness (QED) is 0.340. The molecule has 0 saturated heterocycles. The molecule has 194 valence electrons. The van der Waals surface area contributed by atoms with Gasteiger partial charge in [0.05, 0.1) is 11.7 Å². The van der Waals surface area contributed by atoms with E-state index in [1.165, 1.54) is 0 Å². The normalized spacial score (nSPS) is 13.3. The molecule has 1 amide bonds. The summed E-state index contributed by atoms with van der Waals surface area (Å²) in [6.45, 7) is 15.0. The number of benzene rings is 1. The van der Waals surface area contributed by atoms with Crippen molar-refractivity contribution < 1.29 is 19.1 Å². The average Bonchev–Trinajstić information content (AvgIpc) is 3.22. The fourth-order valence-electron chi connectivity index (χ4n) is 3.09. The molecule has 0 unspecified atom stereocenters. The molecule has 2 aromatic rings. The van der Waals surface area contributed by atoms with Gasteiger partial charge in [-0.1, -0.05) is 30.3 Å². The van der Waals surface area contributed by atoms with Crippen LogP contribution in [-0.2, 0) is 19.8 Å². The molecule has 1 aromatic carbocycles. The van der Waals surface area contributed by atoms with Crippen LogP contribution in [0.25, 0.3) is 11.3 Å². The SMILES string of the molecule is CC(C)(C)OC(=O)N[C@@H](CCSCCC(C)(C)n1ncc(-c2ccccc2)n1)C(=O)OC(C)(C)C. The third-order valence-corrected chi connectivity index (χ3v) is 5.91. The third-order valence-electron chi connectivity index (χ3n) is 4.89. The van der Waals surface area contributed by atoms with Crippen LogP contribution in [0.3, 0.4) is 0 Å². The van der Waals surface area contributed by atoms with Gasteiger partial charge in [0.15, 0.2) is 0 Å². The molecule has 0 aliphatic rings. The van der Waals surface area contributed by atoms with E-state index in [4.69, 9.17) is 9.47 Å². The van der Waals surface area contributed by atoms with Gasteiger partial charge in [0.1, 0.15) is 22.9 Å². The maximum absolute atomic E-state index is 12.7. The summed E-state index contributed by atoms with van der Waals surface area (Å²) >= 11 is 1.71. The molecule has 0 aliphatic heterocycles. The van der Waals surface area contributed by atoms with Crippen molar-refractivity contribution in [1.29, 1.82) is 0 Å². The Bertz CT molecular complexity index is 962. The molecule has 1 atom stereocenters. The Balaban J connectivity index is 1.89. The lowest BCUT2D eigenvalue weighted by molar-refractivity contribution is -0.157. The van der Waals surface area contributed by atoms with E-state index in [9.17, 15) is 9.59 Å². The van der Waals surface area contributed by atoms with E-state index >= 15 is 0 Å². The number of hydrogen-bond acceptors (Lipinski definition) is 7. The largest absolute Gasteiger partial charge is 0.458 e. The lowest BCUT2D eigenvalue weighted by atomic mass is 10.0. The van der Waals surface area contributed by atoms with E-state index in [1.54, 1.807) is 64.3 Å². The highest BCUT2D eigenvalue weighted by Crippen LogP contribution is 2.24. The number of esters is 1. The fourth-order valence-corrected chi connectivity index (χ4v) is 4.34. The first-order valence-corrected chi connectivity index (χ1v) is 13.1. The number of carbonyl (C=O) groups excluding carboxylic acids is 2. The Labute approximate surface area is 213 Å². The first-order valence-electron chi connectivity index (χ1n) is 11.9. The van der Waals surface area contributed by atoms with E-state index in [-0.39, 0.29) is 5.54 Å². The van der Waals surface area contributed by atoms with Crippen LogP contribution in [0.1, 0.15) is 68.2 Å². The number of nitrogens with zero attached hydrogens (tertiary/aromatic N) is 3. The van der Waals surface area contributed by atoms with Crippen molar-refractivity contribution in [3.63, 3.8) is 0 Å². The van der Waals surface area contributed by atoms with Gasteiger partial charge >= 0.3 is 12.1 Å². The number of carbonyl (C=O) groups is 2. The Hall–Kier alpha value is -2.55. The molecule has 0 saturated carbocycles. The number of thioether (sulfide) groups is 1. The summed E-state index contributed by atoms with van der Waals surface area (Å²) < 4.78 is 10.8. The minimum atomic E-state index is -0.772. The summed E-state index contributed by atoms with van der Waals surface area (Å²) in [4.78, 5) is 26.7. The minimum Gasteiger partial charge on any atom is -0.458 e. The van der Waals surface area contributed by atoms with Crippen LogP contribution in [0.5, 0.6) is 0 Å². The zero-order valence-electron chi connectivity index (χ0n) is 22.3. The highest BCUT2D eigenvalue weighted by Gasteiger charge is 2.29. The van der Waals surface area contributed by atoms with Gasteiger partial charge in [-0.05, 0) is 79.7 Å². The van der Waals surface area contributed by atoms with Crippen molar-refractivity contribution in [2.45, 2.75) is 91.0 Å². The average molecular weight is 505 g/mol. The van der Waals surface area contributed by atoms with Gasteiger partial charge in [0.2, 0.25) is 0 Å². The number of amides is 1. The number of alkyl carbamates (subject to hydrolysis) is 1. The van der Waals surface area contributed by atoms with E-state index in [1.807, 2.05) is 30.3 Å². The molecule has 1 heterocycles. The van der Waals surface area contributed by atoms with Gasteiger partial charge in [-0.25, -0.2) is 9.59 Å². The first kappa shape index (κ1) is 28.7. The molecular weight excluding hydrogens is 464 g/mol. The zero-order chi connectivity index (χ0) is 26.3. The smallest absolute Gasteiger partial charge is 0.408 e. The maximum atomic E-state index is 12.7. The second-order valence-electron chi connectivity index (χ2n) is 11.1. The molecule has 0 spiro atoms. The van der Waals surface area contributed by atoms with Gasteiger partial charge < -0.3 is 14.8 Å². The van der Waals surface area contributed by atoms with E-state index in [0.717, 1.165) is 23.4 Å². The predicted molar refractivity (Wildman–Crippen MR) is 140 cm³/mol. The molecular formula is C26H40N4O4S. The van der Waals surface area contributed by atoms with Crippen molar-refractivity contribution in [1.82, 2.24) is 20.3 Å². The lowest BCUT2D eigenvalue weighted by Gasteiger charge is -2.26. The second kappa shape index (κ2) is 11.9. The minimum absolute atomic E-state index is 0.265. The Morgan fingerprint density at radius 1 is 0.971 bits per heavy atom. The van der Waals surface area contributed by atoms with E-state index in [2.05, 4.69) is 29.4 Å². The van der Waals surface area contributed by atoms with Crippen LogP contribution in [0, 0.1) is 0 Å². The summed E-state index contributed by atoms with van der Waals surface area (Å²) in [7, 11) is 0. The van der Waals surface area contributed by atoms with Crippen molar-refractivity contribution >= 4 is 23.8 Å². The van der Waals surface area contributed by atoms with Crippen LogP contribution in [0.15, 0.2) is 36.5 Å². The summed E-state index contributed by atoms with van der Waals surface area (Å²) in [5.74, 6) is 1.07. The summed E-state index contributed by atoms with van der Waals surface area (Å²) in [5.41, 5.74) is 0.329. The standard InChI is InChI=1S/C26H40N4O4S/c1-24(2,3)33-22(31)20(28-23(32)34-25(4,5)6)14-16-35-17-15-26(7,8)30-27-18-21(29-30)19-12-10-9-11-13-19/h9-13,18,20H,14-17H2,1-8H3,(H,28,32)/t20-/m0/s1. The molecule has 1 N–H and O–H groups in total.